The lowest BCUT2D eigenvalue weighted by atomic mass is 10.0. The molecular formula is C31H25N3O3S. The molecule has 6 nitrogen and oxygen atoms in total. The van der Waals surface area contributed by atoms with Gasteiger partial charge < -0.3 is 15.8 Å². The average Bonchev–Trinajstić information content (AvgIpc) is 2.94. The minimum atomic E-state index is -0.558. The predicted octanol–water partition coefficient (Wildman–Crippen LogP) is 7.03. The van der Waals surface area contributed by atoms with Crippen molar-refractivity contribution in [3.05, 3.63) is 108 Å². The largest absolute Gasteiger partial charge is 0.497 e. The van der Waals surface area contributed by atoms with Gasteiger partial charge in [0, 0.05) is 38.7 Å². The molecule has 0 spiro atoms. The number of primary amides is 1. The first-order valence-electron chi connectivity index (χ1n) is 11.9. The first kappa shape index (κ1) is 25.0. The summed E-state index contributed by atoms with van der Waals surface area (Å²) in [5.41, 5.74) is 12.0. The second-order valence-corrected chi connectivity index (χ2v) is 9.92. The molecular weight excluding hydrogens is 494 g/mol. The van der Waals surface area contributed by atoms with E-state index in [1.807, 2.05) is 61.5 Å². The molecule has 0 aliphatic carbocycles. The first-order valence-corrected chi connectivity index (χ1v) is 12.7. The van der Waals surface area contributed by atoms with Crippen LogP contribution in [0.2, 0.25) is 0 Å². The number of hydrogen-bond acceptors (Lipinski definition) is 6. The molecule has 5 aromatic rings. The number of amides is 1. The Hall–Kier alpha value is -4.62. The minimum Gasteiger partial charge on any atom is -0.497 e. The maximum absolute atomic E-state index is 12.3. The topological polar surface area (TPSA) is 94.3 Å². The Morgan fingerprint density at radius 3 is 2.32 bits per heavy atom. The van der Waals surface area contributed by atoms with Gasteiger partial charge in [0.25, 0.3) is 5.91 Å². The highest BCUT2D eigenvalue weighted by atomic mass is 32.2. The number of nitrogens with two attached hydrogens (primary N) is 1. The lowest BCUT2D eigenvalue weighted by Gasteiger charge is -2.16. The normalized spacial score (nSPS) is 10.8. The highest BCUT2D eigenvalue weighted by molar-refractivity contribution is 7.99. The molecule has 5 rings (SSSR count). The molecule has 4 aromatic carbocycles. The predicted molar refractivity (Wildman–Crippen MR) is 153 cm³/mol. The minimum absolute atomic E-state index is 0.312. The molecule has 7 heteroatoms. The summed E-state index contributed by atoms with van der Waals surface area (Å²) in [4.78, 5) is 29.9. The van der Waals surface area contributed by atoms with Crippen LogP contribution in [0.4, 0.5) is 11.4 Å². The number of aryl methyl sites for hydroxylation is 1. The number of anilines is 2. The van der Waals surface area contributed by atoms with Crippen LogP contribution >= 0.6 is 11.8 Å². The number of fused-ring (bicyclic) bond motifs is 1. The van der Waals surface area contributed by atoms with Crippen molar-refractivity contribution in [1.82, 2.24) is 4.98 Å². The lowest BCUT2D eigenvalue weighted by molar-refractivity contribution is 0.100. The highest BCUT2D eigenvalue weighted by Gasteiger charge is 2.16. The van der Waals surface area contributed by atoms with Gasteiger partial charge in [-0.3, -0.25) is 14.6 Å². The third-order valence-electron chi connectivity index (χ3n) is 6.21. The Kier molecular flexibility index (Phi) is 7.11. The van der Waals surface area contributed by atoms with Crippen LogP contribution < -0.4 is 15.8 Å². The Bertz CT molecular complexity index is 1650. The molecule has 38 heavy (non-hydrogen) atoms. The number of nitrogens with zero attached hydrogens (tertiary/aromatic N) is 1. The molecule has 0 atom stereocenters. The molecule has 0 bridgehead atoms. The number of rotatable bonds is 8. The molecule has 0 aliphatic heterocycles. The van der Waals surface area contributed by atoms with Gasteiger partial charge in [-0.15, -0.1) is 0 Å². The van der Waals surface area contributed by atoms with E-state index in [9.17, 15) is 9.59 Å². The highest BCUT2D eigenvalue weighted by Crippen LogP contribution is 2.37. The Morgan fingerprint density at radius 1 is 0.947 bits per heavy atom. The Morgan fingerprint density at radius 2 is 1.66 bits per heavy atom. The average molecular weight is 520 g/mol. The van der Waals surface area contributed by atoms with E-state index in [1.165, 1.54) is 6.20 Å². The van der Waals surface area contributed by atoms with E-state index in [4.69, 9.17) is 10.5 Å². The smallest absolute Gasteiger partial charge is 0.252 e. The molecule has 0 aliphatic rings. The number of methoxy groups -OCH3 is 1. The van der Waals surface area contributed by atoms with Crippen molar-refractivity contribution in [2.75, 3.05) is 12.4 Å². The fourth-order valence-corrected chi connectivity index (χ4v) is 5.24. The van der Waals surface area contributed by atoms with Crippen molar-refractivity contribution in [3.8, 4) is 16.9 Å². The van der Waals surface area contributed by atoms with Gasteiger partial charge in [-0.25, -0.2) is 0 Å². The molecule has 0 unspecified atom stereocenters. The fraction of sp³-hybridized carbons (Fsp3) is 0.0645. The summed E-state index contributed by atoms with van der Waals surface area (Å²) < 4.78 is 5.35. The van der Waals surface area contributed by atoms with E-state index >= 15 is 0 Å². The number of aromatic nitrogens is 1. The first-order chi connectivity index (χ1) is 18.4. The number of pyridine rings is 1. The fourth-order valence-electron chi connectivity index (χ4n) is 4.28. The van der Waals surface area contributed by atoms with E-state index in [1.54, 1.807) is 18.9 Å². The van der Waals surface area contributed by atoms with E-state index in [-0.39, 0.29) is 0 Å². The van der Waals surface area contributed by atoms with Crippen LogP contribution in [0.1, 0.15) is 26.3 Å². The van der Waals surface area contributed by atoms with Gasteiger partial charge in [-0.1, -0.05) is 54.2 Å². The molecule has 0 saturated carbocycles. The molecule has 0 saturated heterocycles. The van der Waals surface area contributed by atoms with Gasteiger partial charge in [0.1, 0.15) is 12.0 Å². The second kappa shape index (κ2) is 10.8. The number of hydrogen-bond donors (Lipinski definition) is 2. The Labute approximate surface area is 224 Å². The van der Waals surface area contributed by atoms with E-state index < -0.39 is 5.91 Å². The van der Waals surface area contributed by atoms with Crippen molar-refractivity contribution < 1.29 is 14.3 Å². The van der Waals surface area contributed by atoms with Crippen molar-refractivity contribution in [2.45, 2.75) is 16.7 Å². The summed E-state index contributed by atoms with van der Waals surface area (Å²) in [6, 6.07) is 27.4. The third-order valence-corrected chi connectivity index (χ3v) is 7.19. The molecule has 1 aromatic heterocycles. The third kappa shape index (κ3) is 5.23. The zero-order chi connectivity index (χ0) is 26.6. The van der Waals surface area contributed by atoms with Crippen LogP contribution in [0.25, 0.3) is 22.0 Å². The van der Waals surface area contributed by atoms with Crippen LogP contribution in [0.5, 0.6) is 5.75 Å². The molecule has 0 fully saturated rings. The number of carbonyl (C=O) groups excluding carboxylic acids is 2. The SMILES string of the molecule is COc1cccc(Nc2c(C(N)=O)cnc3c(C)cc(Sc4ccc(-c5ccc(C=O)cc5)cc4)cc23)c1. The van der Waals surface area contributed by atoms with Gasteiger partial charge in [-0.2, -0.15) is 0 Å². The van der Waals surface area contributed by atoms with Gasteiger partial charge in [0.05, 0.1) is 23.9 Å². The van der Waals surface area contributed by atoms with E-state index in [0.717, 1.165) is 49.4 Å². The molecule has 0 radical (unpaired) electrons. The second-order valence-electron chi connectivity index (χ2n) is 8.77. The summed E-state index contributed by atoms with van der Waals surface area (Å²) in [6.45, 7) is 2.00. The zero-order valence-corrected chi connectivity index (χ0v) is 21.7. The van der Waals surface area contributed by atoms with Gasteiger partial charge >= 0.3 is 0 Å². The van der Waals surface area contributed by atoms with Crippen LogP contribution in [-0.2, 0) is 0 Å². The molecule has 188 valence electrons. The van der Waals surface area contributed by atoms with Gasteiger partial charge in [0.15, 0.2) is 0 Å². The molecule has 1 heterocycles. The molecule has 1 amide bonds. The van der Waals surface area contributed by atoms with Crippen molar-refractivity contribution in [2.24, 2.45) is 5.73 Å². The monoisotopic (exact) mass is 519 g/mol. The summed E-state index contributed by atoms with van der Waals surface area (Å²) in [5, 5.41) is 4.18. The number of aldehydes is 1. The van der Waals surface area contributed by atoms with Crippen molar-refractivity contribution >= 4 is 46.2 Å². The maximum atomic E-state index is 12.3. The number of carbonyl (C=O) groups is 2. The van der Waals surface area contributed by atoms with Crippen molar-refractivity contribution in [3.63, 3.8) is 0 Å². The van der Waals surface area contributed by atoms with Gasteiger partial charge in [-0.05, 0) is 60.0 Å². The number of ether oxygens (including phenoxy) is 1. The summed E-state index contributed by atoms with van der Waals surface area (Å²) in [5.74, 6) is 0.141. The quantitative estimate of drug-likeness (QED) is 0.214. The zero-order valence-electron chi connectivity index (χ0n) is 20.9. The van der Waals surface area contributed by atoms with Crippen LogP contribution in [0.15, 0.2) is 101 Å². The maximum Gasteiger partial charge on any atom is 0.252 e. The summed E-state index contributed by atoms with van der Waals surface area (Å²) in [7, 11) is 1.61. The van der Waals surface area contributed by atoms with Gasteiger partial charge in [0.2, 0.25) is 0 Å². The van der Waals surface area contributed by atoms with E-state index in [0.29, 0.717) is 22.6 Å². The standard InChI is InChI=1S/C31H25N3O3S/c1-19-14-26(38-25-12-10-22(11-13-25)21-8-6-20(18-35)7-9-21)16-27-29(19)33-17-28(31(32)36)30(27)34-23-4-3-5-24(15-23)37-2/h3-18H,1-2H3,(H2,32,36)(H,33,34). The van der Waals surface area contributed by atoms with Crippen LogP contribution in [-0.4, -0.2) is 24.3 Å². The van der Waals surface area contributed by atoms with Crippen LogP contribution in [0.3, 0.4) is 0 Å². The Balaban J connectivity index is 1.50. The number of benzene rings is 4. The summed E-state index contributed by atoms with van der Waals surface area (Å²) >= 11 is 1.62. The molecule has 3 N–H and O–H groups in total. The van der Waals surface area contributed by atoms with Crippen molar-refractivity contribution in [1.29, 1.82) is 0 Å². The number of nitrogens with one attached hydrogen (secondary N) is 1. The summed E-state index contributed by atoms with van der Waals surface area (Å²) in [6.07, 6.45) is 2.36. The lowest BCUT2D eigenvalue weighted by Crippen LogP contribution is -2.14. The van der Waals surface area contributed by atoms with Crippen LogP contribution in [0, 0.1) is 6.92 Å². The van der Waals surface area contributed by atoms with E-state index in [2.05, 4.69) is 40.6 Å².